The number of nitrogens with zero attached hydrogens (tertiary/aromatic N) is 1. The monoisotopic (exact) mass is 244 g/mol. The van der Waals surface area contributed by atoms with E-state index in [0.29, 0.717) is 18.6 Å². The number of fused-ring (bicyclic) bond motifs is 1. The van der Waals surface area contributed by atoms with Crippen LogP contribution in [0, 0.1) is 0 Å². The number of rotatable bonds is 4. The van der Waals surface area contributed by atoms with Gasteiger partial charge in [0.05, 0.1) is 6.54 Å². The standard InChI is InChI=1S/C15H20N2O/c1-17(12-7-8-12)15(18)10-16-14-9-6-11-4-2-3-5-13(11)14/h2-5,12,14,16H,6-10H2,1H3. The summed E-state index contributed by atoms with van der Waals surface area (Å²) in [5.74, 6) is 0.224. The van der Waals surface area contributed by atoms with Crippen molar-refractivity contribution in [2.24, 2.45) is 0 Å². The van der Waals surface area contributed by atoms with Crippen molar-refractivity contribution in [2.75, 3.05) is 13.6 Å². The molecule has 0 saturated heterocycles. The van der Waals surface area contributed by atoms with Crippen LogP contribution in [0.15, 0.2) is 24.3 Å². The summed E-state index contributed by atoms with van der Waals surface area (Å²) in [6.07, 6.45) is 4.59. The zero-order chi connectivity index (χ0) is 12.5. The quantitative estimate of drug-likeness (QED) is 0.877. The molecule has 3 rings (SSSR count). The van der Waals surface area contributed by atoms with Gasteiger partial charge in [0.1, 0.15) is 0 Å². The fourth-order valence-electron chi connectivity index (χ4n) is 2.77. The largest absolute Gasteiger partial charge is 0.342 e. The minimum absolute atomic E-state index is 0.224. The average Bonchev–Trinajstić information content (AvgIpc) is 3.16. The average molecular weight is 244 g/mol. The topological polar surface area (TPSA) is 32.3 Å². The van der Waals surface area contributed by atoms with Crippen LogP contribution in [-0.4, -0.2) is 30.4 Å². The van der Waals surface area contributed by atoms with Crippen molar-refractivity contribution in [2.45, 2.75) is 37.8 Å². The molecule has 18 heavy (non-hydrogen) atoms. The molecule has 1 unspecified atom stereocenters. The summed E-state index contributed by atoms with van der Waals surface area (Å²) < 4.78 is 0. The highest BCUT2D eigenvalue weighted by atomic mass is 16.2. The van der Waals surface area contributed by atoms with E-state index in [1.54, 1.807) is 0 Å². The van der Waals surface area contributed by atoms with Gasteiger partial charge >= 0.3 is 0 Å². The van der Waals surface area contributed by atoms with E-state index in [4.69, 9.17) is 0 Å². The molecule has 1 atom stereocenters. The van der Waals surface area contributed by atoms with E-state index < -0.39 is 0 Å². The van der Waals surface area contributed by atoms with Crippen LogP contribution in [0.25, 0.3) is 0 Å². The highest BCUT2D eigenvalue weighted by Crippen LogP contribution is 2.30. The molecular formula is C15H20N2O. The third kappa shape index (κ3) is 2.27. The van der Waals surface area contributed by atoms with Gasteiger partial charge in [0.25, 0.3) is 0 Å². The molecule has 1 aromatic rings. The summed E-state index contributed by atoms with van der Waals surface area (Å²) in [7, 11) is 1.92. The Morgan fingerprint density at radius 2 is 2.11 bits per heavy atom. The maximum Gasteiger partial charge on any atom is 0.236 e. The van der Waals surface area contributed by atoms with Gasteiger partial charge in [-0.05, 0) is 36.8 Å². The second-order valence-electron chi connectivity index (χ2n) is 5.41. The van der Waals surface area contributed by atoms with Crippen LogP contribution in [0.4, 0.5) is 0 Å². The van der Waals surface area contributed by atoms with Crippen molar-refractivity contribution in [3.63, 3.8) is 0 Å². The Morgan fingerprint density at radius 3 is 2.89 bits per heavy atom. The Balaban J connectivity index is 1.56. The number of aryl methyl sites for hydroxylation is 1. The van der Waals surface area contributed by atoms with E-state index in [1.807, 2.05) is 11.9 Å². The summed E-state index contributed by atoms with van der Waals surface area (Å²) in [6.45, 7) is 0.464. The molecule has 0 aliphatic heterocycles. The van der Waals surface area contributed by atoms with Gasteiger partial charge in [-0.25, -0.2) is 0 Å². The van der Waals surface area contributed by atoms with E-state index in [2.05, 4.69) is 29.6 Å². The van der Waals surface area contributed by atoms with Crippen LogP contribution in [0.3, 0.4) is 0 Å². The molecule has 0 heterocycles. The van der Waals surface area contributed by atoms with Gasteiger partial charge in [0.2, 0.25) is 5.91 Å². The van der Waals surface area contributed by atoms with Crippen molar-refractivity contribution in [1.29, 1.82) is 0 Å². The number of hydrogen-bond donors (Lipinski definition) is 1. The molecule has 2 aliphatic carbocycles. The zero-order valence-electron chi connectivity index (χ0n) is 10.9. The number of nitrogens with one attached hydrogen (secondary N) is 1. The van der Waals surface area contributed by atoms with E-state index in [1.165, 1.54) is 24.0 Å². The first-order valence-corrected chi connectivity index (χ1v) is 6.82. The number of likely N-dealkylation sites (N-methyl/N-ethyl adjacent to an activating group) is 1. The lowest BCUT2D eigenvalue weighted by molar-refractivity contribution is -0.129. The van der Waals surface area contributed by atoms with Crippen LogP contribution in [0.2, 0.25) is 0 Å². The molecule has 1 saturated carbocycles. The molecule has 0 radical (unpaired) electrons. The van der Waals surface area contributed by atoms with E-state index in [9.17, 15) is 4.79 Å². The maximum atomic E-state index is 12.0. The van der Waals surface area contributed by atoms with Crippen molar-refractivity contribution in [3.05, 3.63) is 35.4 Å². The Kier molecular flexibility index (Phi) is 3.08. The number of hydrogen-bond acceptors (Lipinski definition) is 2. The highest BCUT2D eigenvalue weighted by molar-refractivity contribution is 5.78. The van der Waals surface area contributed by atoms with Crippen molar-refractivity contribution < 1.29 is 4.79 Å². The van der Waals surface area contributed by atoms with Gasteiger partial charge < -0.3 is 10.2 Å². The van der Waals surface area contributed by atoms with E-state index in [0.717, 1.165) is 12.8 Å². The Bertz CT molecular complexity index is 454. The van der Waals surface area contributed by atoms with Crippen molar-refractivity contribution in [1.82, 2.24) is 10.2 Å². The first-order chi connectivity index (χ1) is 8.75. The summed E-state index contributed by atoms with van der Waals surface area (Å²) in [5.41, 5.74) is 2.80. The van der Waals surface area contributed by atoms with Crippen molar-refractivity contribution in [3.8, 4) is 0 Å². The summed E-state index contributed by atoms with van der Waals surface area (Å²) in [5, 5.41) is 3.41. The Labute approximate surface area is 108 Å². The summed E-state index contributed by atoms with van der Waals surface area (Å²) in [6, 6.07) is 9.40. The number of carbonyl (C=O) groups is 1. The first-order valence-electron chi connectivity index (χ1n) is 6.82. The third-order valence-corrected chi connectivity index (χ3v) is 4.12. The molecule has 1 aromatic carbocycles. The predicted octanol–water partition coefficient (Wildman–Crippen LogP) is 1.88. The molecule has 1 fully saturated rings. The second kappa shape index (κ2) is 4.73. The molecule has 0 aromatic heterocycles. The van der Waals surface area contributed by atoms with Crippen LogP contribution >= 0.6 is 0 Å². The molecule has 2 aliphatic rings. The van der Waals surface area contributed by atoms with Crippen LogP contribution in [-0.2, 0) is 11.2 Å². The molecule has 1 N–H and O–H groups in total. The minimum atomic E-state index is 0.224. The van der Waals surface area contributed by atoms with Crippen LogP contribution < -0.4 is 5.32 Å². The number of carbonyl (C=O) groups excluding carboxylic acids is 1. The molecule has 3 nitrogen and oxygen atoms in total. The molecule has 0 spiro atoms. The first kappa shape index (κ1) is 11.7. The van der Waals surface area contributed by atoms with Crippen LogP contribution in [0.5, 0.6) is 0 Å². The second-order valence-corrected chi connectivity index (χ2v) is 5.41. The number of amides is 1. The van der Waals surface area contributed by atoms with Gasteiger partial charge in [-0.2, -0.15) is 0 Å². The van der Waals surface area contributed by atoms with Gasteiger partial charge in [-0.1, -0.05) is 24.3 Å². The summed E-state index contributed by atoms with van der Waals surface area (Å²) >= 11 is 0. The molecule has 0 bridgehead atoms. The predicted molar refractivity (Wildman–Crippen MR) is 71.3 cm³/mol. The van der Waals surface area contributed by atoms with Gasteiger partial charge in [0.15, 0.2) is 0 Å². The minimum Gasteiger partial charge on any atom is -0.342 e. The zero-order valence-corrected chi connectivity index (χ0v) is 10.9. The lowest BCUT2D eigenvalue weighted by Gasteiger charge is -2.19. The SMILES string of the molecule is CN(C(=O)CNC1CCc2ccccc21)C1CC1. The van der Waals surface area contributed by atoms with Crippen LogP contribution in [0.1, 0.15) is 36.4 Å². The maximum absolute atomic E-state index is 12.0. The Morgan fingerprint density at radius 1 is 1.33 bits per heavy atom. The highest BCUT2D eigenvalue weighted by Gasteiger charge is 2.30. The van der Waals surface area contributed by atoms with Gasteiger partial charge in [0, 0.05) is 19.1 Å². The lowest BCUT2D eigenvalue weighted by Crippen LogP contribution is -2.37. The number of benzene rings is 1. The van der Waals surface area contributed by atoms with E-state index in [-0.39, 0.29) is 5.91 Å². The van der Waals surface area contributed by atoms with Gasteiger partial charge in [-0.3, -0.25) is 4.79 Å². The normalized spacial score (nSPS) is 21.7. The third-order valence-electron chi connectivity index (χ3n) is 4.12. The molecular weight excluding hydrogens is 224 g/mol. The fourth-order valence-corrected chi connectivity index (χ4v) is 2.77. The summed E-state index contributed by atoms with van der Waals surface area (Å²) in [4.78, 5) is 13.9. The fraction of sp³-hybridized carbons (Fsp3) is 0.533. The molecule has 3 heteroatoms. The lowest BCUT2D eigenvalue weighted by atomic mass is 10.1. The van der Waals surface area contributed by atoms with E-state index >= 15 is 0 Å². The smallest absolute Gasteiger partial charge is 0.236 e. The van der Waals surface area contributed by atoms with Gasteiger partial charge in [-0.15, -0.1) is 0 Å². The molecule has 96 valence electrons. The van der Waals surface area contributed by atoms with Crippen molar-refractivity contribution >= 4 is 5.91 Å². The Hall–Kier alpha value is -1.35. The molecule has 1 amide bonds.